The maximum absolute atomic E-state index is 12.3. The standard InChI is InChI=1S/C15H18ClN5O2/c1-8-13(14(15(17)23)20-19-8)18-12(22)7-21-5-4-9-2-3-10(16)6-11(9)21/h2-6,8,13-14,19-20H,7H2,1H3,(H2,17,23)(H,18,22). The number of nitrogens with zero attached hydrogens (tertiary/aromatic N) is 1. The van der Waals surface area contributed by atoms with Crippen LogP contribution in [-0.4, -0.2) is 34.5 Å². The fraction of sp³-hybridized carbons (Fsp3) is 0.333. The summed E-state index contributed by atoms with van der Waals surface area (Å²) in [5.41, 5.74) is 11.9. The maximum atomic E-state index is 12.3. The van der Waals surface area contributed by atoms with E-state index in [0.29, 0.717) is 5.02 Å². The number of nitrogens with one attached hydrogen (secondary N) is 3. The highest BCUT2D eigenvalue weighted by Crippen LogP contribution is 2.20. The van der Waals surface area contributed by atoms with E-state index in [1.54, 1.807) is 0 Å². The molecule has 1 fully saturated rings. The summed E-state index contributed by atoms with van der Waals surface area (Å²) < 4.78 is 1.82. The van der Waals surface area contributed by atoms with E-state index in [1.165, 1.54) is 0 Å². The number of hydrazine groups is 1. The summed E-state index contributed by atoms with van der Waals surface area (Å²) in [6.07, 6.45) is 1.83. The molecule has 1 aliphatic heterocycles. The van der Waals surface area contributed by atoms with Crippen molar-refractivity contribution in [2.75, 3.05) is 0 Å². The summed E-state index contributed by atoms with van der Waals surface area (Å²) in [7, 11) is 0. The van der Waals surface area contributed by atoms with Crippen molar-refractivity contribution >= 4 is 34.3 Å². The van der Waals surface area contributed by atoms with Gasteiger partial charge in [0.1, 0.15) is 12.6 Å². The van der Waals surface area contributed by atoms with Gasteiger partial charge in [-0.3, -0.25) is 15.0 Å². The first-order chi connectivity index (χ1) is 11.0. The van der Waals surface area contributed by atoms with Crippen molar-refractivity contribution in [3.63, 3.8) is 0 Å². The van der Waals surface area contributed by atoms with Gasteiger partial charge in [0.15, 0.2) is 0 Å². The molecular weight excluding hydrogens is 318 g/mol. The van der Waals surface area contributed by atoms with E-state index < -0.39 is 18.0 Å². The lowest BCUT2D eigenvalue weighted by atomic mass is 10.0. The minimum absolute atomic E-state index is 0.104. The lowest BCUT2D eigenvalue weighted by Crippen LogP contribution is -2.53. The van der Waals surface area contributed by atoms with E-state index in [-0.39, 0.29) is 18.5 Å². The van der Waals surface area contributed by atoms with Gasteiger partial charge in [-0.05, 0) is 30.5 Å². The summed E-state index contributed by atoms with van der Waals surface area (Å²) in [5, 5.41) is 4.48. The van der Waals surface area contributed by atoms with Gasteiger partial charge in [-0.25, -0.2) is 5.43 Å². The Hall–Kier alpha value is -2.09. The number of primary amides is 1. The normalized spacial score (nSPS) is 24.0. The summed E-state index contributed by atoms with van der Waals surface area (Å²) in [6.45, 7) is 2.00. The minimum Gasteiger partial charge on any atom is -0.368 e. The third-order valence-electron chi connectivity index (χ3n) is 4.05. The third kappa shape index (κ3) is 3.17. The van der Waals surface area contributed by atoms with E-state index >= 15 is 0 Å². The molecule has 0 saturated carbocycles. The van der Waals surface area contributed by atoms with Crippen LogP contribution < -0.4 is 21.9 Å². The van der Waals surface area contributed by atoms with Gasteiger partial charge < -0.3 is 15.6 Å². The molecule has 7 nitrogen and oxygen atoms in total. The first-order valence-electron chi connectivity index (χ1n) is 7.30. The summed E-state index contributed by atoms with van der Waals surface area (Å²) in [6, 6.07) is 6.32. The molecule has 1 aromatic carbocycles. The Labute approximate surface area is 138 Å². The fourth-order valence-corrected chi connectivity index (χ4v) is 2.99. The molecule has 0 radical (unpaired) electrons. The predicted molar refractivity (Wildman–Crippen MR) is 87.6 cm³/mol. The zero-order chi connectivity index (χ0) is 16.6. The van der Waals surface area contributed by atoms with Crippen molar-refractivity contribution in [1.29, 1.82) is 0 Å². The van der Waals surface area contributed by atoms with Crippen LogP contribution in [0.15, 0.2) is 30.5 Å². The molecule has 1 aromatic heterocycles. The number of halogens is 1. The summed E-state index contributed by atoms with van der Waals surface area (Å²) in [5.74, 6) is -0.707. The molecule has 2 aromatic rings. The highest BCUT2D eigenvalue weighted by atomic mass is 35.5. The molecule has 0 aliphatic carbocycles. The van der Waals surface area contributed by atoms with Gasteiger partial charge in [0.25, 0.3) is 0 Å². The van der Waals surface area contributed by atoms with Crippen LogP contribution in [-0.2, 0) is 16.1 Å². The lowest BCUT2D eigenvalue weighted by Gasteiger charge is -2.20. The summed E-state index contributed by atoms with van der Waals surface area (Å²) in [4.78, 5) is 23.8. The SMILES string of the molecule is CC1NNC(C(N)=O)C1NC(=O)Cn1ccc2ccc(Cl)cc21. The molecule has 5 N–H and O–H groups in total. The predicted octanol–water partition coefficient (Wildman–Crippen LogP) is 0.130. The van der Waals surface area contributed by atoms with Crippen LogP contribution in [0.3, 0.4) is 0 Å². The van der Waals surface area contributed by atoms with Crippen molar-refractivity contribution < 1.29 is 9.59 Å². The Morgan fingerprint density at radius 1 is 1.35 bits per heavy atom. The van der Waals surface area contributed by atoms with Gasteiger partial charge in [-0.15, -0.1) is 0 Å². The van der Waals surface area contributed by atoms with Crippen LogP contribution in [0.25, 0.3) is 10.9 Å². The molecule has 0 bridgehead atoms. The van der Waals surface area contributed by atoms with Crippen molar-refractivity contribution in [1.82, 2.24) is 20.7 Å². The molecule has 1 aliphatic rings. The van der Waals surface area contributed by atoms with Crippen molar-refractivity contribution in [2.24, 2.45) is 5.73 Å². The smallest absolute Gasteiger partial charge is 0.240 e. The fourth-order valence-electron chi connectivity index (χ4n) is 2.83. The van der Waals surface area contributed by atoms with Crippen LogP contribution in [0, 0.1) is 0 Å². The second kappa shape index (κ2) is 6.19. The number of hydrogen-bond donors (Lipinski definition) is 4. The Balaban J connectivity index is 1.73. The molecule has 3 rings (SSSR count). The molecule has 3 atom stereocenters. The molecular formula is C15H18ClN5O2. The largest absolute Gasteiger partial charge is 0.368 e. The van der Waals surface area contributed by atoms with Crippen LogP contribution in [0.4, 0.5) is 0 Å². The maximum Gasteiger partial charge on any atom is 0.240 e. The van der Waals surface area contributed by atoms with Crippen LogP contribution in [0.2, 0.25) is 5.02 Å². The highest BCUT2D eigenvalue weighted by Gasteiger charge is 2.37. The number of hydrogen-bond acceptors (Lipinski definition) is 4. The number of rotatable bonds is 4. The average molecular weight is 336 g/mol. The van der Waals surface area contributed by atoms with E-state index in [1.807, 2.05) is 42.0 Å². The molecule has 23 heavy (non-hydrogen) atoms. The number of carbonyl (C=O) groups is 2. The van der Waals surface area contributed by atoms with E-state index in [4.69, 9.17) is 17.3 Å². The first-order valence-corrected chi connectivity index (χ1v) is 7.67. The lowest BCUT2D eigenvalue weighted by molar-refractivity contribution is -0.123. The van der Waals surface area contributed by atoms with E-state index in [0.717, 1.165) is 10.9 Å². The van der Waals surface area contributed by atoms with Crippen LogP contribution >= 0.6 is 11.6 Å². The van der Waals surface area contributed by atoms with Gasteiger partial charge >= 0.3 is 0 Å². The molecule has 8 heteroatoms. The molecule has 1 saturated heterocycles. The molecule has 0 spiro atoms. The topological polar surface area (TPSA) is 101 Å². The Kier molecular flexibility index (Phi) is 4.25. The zero-order valence-corrected chi connectivity index (χ0v) is 13.3. The Bertz CT molecular complexity index is 759. The first kappa shape index (κ1) is 15.8. The van der Waals surface area contributed by atoms with Crippen LogP contribution in [0.1, 0.15) is 6.92 Å². The number of nitrogens with two attached hydrogens (primary N) is 1. The van der Waals surface area contributed by atoms with E-state index in [9.17, 15) is 9.59 Å². The Morgan fingerprint density at radius 3 is 2.87 bits per heavy atom. The number of fused-ring (bicyclic) bond motifs is 1. The number of benzene rings is 1. The monoisotopic (exact) mass is 335 g/mol. The summed E-state index contributed by atoms with van der Waals surface area (Å²) >= 11 is 6.01. The highest BCUT2D eigenvalue weighted by molar-refractivity contribution is 6.31. The average Bonchev–Trinajstić information content (AvgIpc) is 3.04. The van der Waals surface area contributed by atoms with Gasteiger partial charge in [-0.2, -0.15) is 0 Å². The van der Waals surface area contributed by atoms with Crippen molar-refractivity contribution in [2.45, 2.75) is 31.6 Å². The number of carbonyl (C=O) groups excluding carboxylic acids is 2. The minimum atomic E-state index is -0.634. The molecule has 2 amide bonds. The number of amides is 2. The van der Waals surface area contributed by atoms with Crippen LogP contribution in [0.5, 0.6) is 0 Å². The Morgan fingerprint density at radius 2 is 2.13 bits per heavy atom. The number of aromatic nitrogens is 1. The van der Waals surface area contributed by atoms with Crippen molar-refractivity contribution in [3.05, 3.63) is 35.5 Å². The van der Waals surface area contributed by atoms with Gasteiger partial charge in [-0.1, -0.05) is 17.7 Å². The molecule has 3 unspecified atom stereocenters. The van der Waals surface area contributed by atoms with E-state index in [2.05, 4.69) is 16.2 Å². The van der Waals surface area contributed by atoms with Gasteiger partial charge in [0, 0.05) is 22.8 Å². The third-order valence-corrected chi connectivity index (χ3v) is 4.28. The van der Waals surface area contributed by atoms with Crippen molar-refractivity contribution in [3.8, 4) is 0 Å². The molecule has 122 valence electrons. The van der Waals surface area contributed by atoms with Gasteiger partial charge in [0.2, 0.25) is 11.8 Å². The second-order valence-corrected chi connectivity index (χ2v) is 6.13. The molecule has 2 heterocycles. The zero-order valence-electron chi connectivity index (χ0n) is 12.5. The second-order valence-electron chi connectivity index (χ2n) is 5.70. The quantitative estimate of drug-likeness (QED) is 0.638. The van der Waals surface area contributed by atoms with Gasteiger partial charge in [0.05, 0.1) is 6.04 Å².